The Labute approximate surface area is 197 Å². The van der Waals surface area contributed by atoms with E-state index in [4.69, 9.17) is 0 Å². The van der Waals surface area contributed by atoms with Crippen LogP contribution in [0.1, 0.15) is 46.0 Å². The Morgan fingerprint density at radius 1 is 0.694 bits per heavy atom. The Balaban J connectivity index is 5.59. The van der Waals surface area contributed by atoms with Crippen LogP contribution in [0, 0.1) is 0 Å². The van der Waals surface area contributed by atoms with Crippen LogP contribution in [0.2, 0.25) is 0 Å². The summed E-state index contributed by atoms with van der Waals surface area (Å²) in [5.41, 5.74) is 0. The molecule has 0 rings (SSSR count). The molecule has 0 saturated carbocycles. The molecule has 0 radical (unpaired) electrons. The molecule has 0 fully saturated rings. The van der Waals surface area contributed by atoms with Gasteiger partial charge in [-0.25, -0.2) is 8.78 Å². The summed E-state index contributed by atoms with van der Waals surface area (Å²) in [4.78, 5) is 13.3. The van der Waals surface area contributed by atoms with E-state index in [1.54, 1.807) is 4.90 Å². The molecule has 0 saturated heterocycles. The summed E-state index contributed by atoms with van der Waals surface area (Å²) in [5.74, 6) is -47.0. The lowest BCUT2D eigenvalue weighted by atomic mass is 9.91. The Hall–Kier alpha value is -1.55. The van der Waals surface area contributed by atoms with E-state index in [2.05, 4.69) is 4.74 Å². The van der Waals surface area contributed by atoms with Gasteiger partial charge in [0.15, 0.2) is 6.61 Å². The van der Waals surface area contributed by atoms with Gasteiger partial charge in [-0.1, -0.05) is 26.7 Å². The van der Waals surface area contributed by atoms with Crippen molar-refractivity contribution < 1.29 is 71.0 Å². The number of hydrogen-bond donors (Lipinski definition) is 0. The summed E-state index contributed by atoms with van der Waals surface area (Å²) < 4.78 is 189. The van der Waals surface area contributed by atoms with Crippen LogP contribution in [0.3, 0.4) is 0 Å². The Morgan fingerprint density at radius 3 is 1.50 bits per heavy atom. The molecule has 0 unspecified atom stereocenters. The molecular weight excluding hydrogens is 540 g/mol. The number of nitrogens with zero attached hydrogens (tertiary/aromatic N) is 1. The van der Waals surface area contributed by atoms with Gasteiger partial charge in [0.2, 0.25) is 0 Å². The highest BCUT2D eigenvalue weighted by Gasteiger charge is 2.91. The topological polar surface area (TPSA) is 29.5 Å². The number of hydrogen-bond acceptors (Lipinski definition) is 3. The molecule has 0 aromatic carbocycles. The average Bonchev–Trinajstić information content (AvgIpc) is 2.76. The molecule has 0 atom stereocenters. The lowest BCUT2D eigenvalue weighted by molar-refractivity contribution is -0.434. The fourth-order valence-electron chi connectivity index (χ4n) is 2.65. The summed E-state index contributed by atoms with van der Waals surface area (Å²) in [6.45, 7) is 1.37. The molecule has 0 bridgehead atoms. The highest BCUT2D eigenvalue weighted by atomic mass is 19.4. The van der Waals surface area contributed by atoms with Crippen molar-refractivity contribution >= 4 is 5.97 Å². The molecule has 17 heteroatoms. The second-order valence-electron chi connectivity index (χ2n) is 7.89. The zero-order valence-corrected chi connectivity index (χ0v) is 19.0. The van der Waals surface area contributed by atoms with Crippen molar-refractivity contribution in [2.75, 3.05) is 26.2 Å². The summed E-state index contributed by atoms with van der Waals surface area (Å²) in [6.07, 6.45) is -3.72. The summed E-state index contributed by atoms with van der Waals surface area (Å²) in [7, 11) is 0. The molecule has 0 aromatic rings. The smallest absolute Gasteiger partial charge is 0.384 e. The van der Waals surface area contributed by atoms with E-state index in [0.29, 0.717) is 25.9 Å². The first-order chi connectivity index (χ1) is 16.1. The van der Waals surface area contributed by atoms with Crippen LogP contribution in [-0.4, -0.2) is 79.1 Å². The number of rotatable bonds is 17. The zero-order chi connectivity index (χ0) is 28.8. The summed E-state index contributed by atoms with van der Waals surface area (Å²) in [5, 5.41) is 0. The summed E-state index contributed by atoms with van der Waals surface area (Å²) >= 11 is 0. The van der Waals surface area contributed by atoms with Crippen LogP contribution in [0.15, 0.2) is 0 Å². The standard InChI is InChI=1S/C19H25F14NO2/c1-3-5-8-34(9-6-4-2)10-7-12(35)36-11-14(22,23)16(26,27)18(30,31)19(32,33)17(28,29)15(24,25)13(20)21/h13H,3-11H2,1-2H3. The van der Waals surface area contributed by atoms with E-state index in [1.807, 2.05) is 13.8 Å². The summed E-state index contributed by atoms with van der Waals surface area (Å²) in [6, 6.07) is 0. The van der Waals surface area contributed by atoms with Crippen molar-refractivity contribution in [3.8, 4) is 0 Å². The van der Waals surface area contributed by atoms with Crippen LogP contribution in [0.5, 0.6) is 0 Å². The predicted octanol–water partition coefficient (Wildman–Crippen LogP) is 6.90. The first-order valence-corrected chi connectivity index (χ1v) is 10.5. The largest absolute Gasteiger partial charge is 0.459 e. The van der Waals surface area contributed by atoms with Crippen molar-refractivity contribution in [1.82, 2.24) is 4.90 Å². The molecule has 0 spiro atoms. The minimum absolute atomic E-state index is 0.149. The number of halogens is 14. The molecule has 216 valence electrons. The van der Waals surface area contributed by atoms with Crippen molar-refractivity contribution in [2.45, 2.75) is 87.9 Å². The van der Waals surface area contributed by atoms with Crippen molar-refractivity contribution in [1.29, 1.82) is 0 Å². The van der Waals surface area contributed by atoms with Gasteiger partial charge in [0.25, 0.3) is 0 Å². The van der Waals surface area contributed by atoms with Gasteiger partial charge < -0.3 is 9.64 Å². The number of carbonyl (C=O) groups is 1. The Morgan fingerprint density at radius 2 is 1.11 bits per heavy atom. The maximum Gasteiger partial charge on any atom is 0.384 e. The number of unbranched alkanes of at least 4 members (excludes halogenated alkanes) is 2. The van der Waals surface area contributed by atoms with Crippen LogP contribution >= 0.6 is 0 Å². The lowest BCUT2D eigenvalue weighted by Crippen LogP contribution is -2.72. The monoisotopic (exact) mass is 565 g/mol. The molecule has 3 nitrogen and oxygen atoms in total. The maximum atomic E-state index is 13.7. The molecule has 0 N–H and O–H groups in total. The molecule has 36 heavy (non-hydrogen) atoms. The van der Waals surface area contributed by atoms with E-state index in [-0.39, 0.29) is 6.54 Å². The van der Waals surface area contributed by atoms with Gasteiger partial charge in [-0.2, -0.15) is 52.7 Å². The van der Waals surface area contributed by atoms with E-state index in [9.17, 15) is 66.3 Å². The van der Waals surface area contributed by atoms with Crippen molar-refractivity contribution in [3.63, 3.8) is 0 Å². The molecule has 0 aromatic heterocycles. The fraction of sp³-hybridized carbons (Fsp3) is 0.947. The van der Waals surface area contributed by atoms with E-state index < -0.39 is 61.0 Å². The maximum absolute atomic E-state index is 13.7. The minimum Gasteiger partial charge on any atom is -0.459 e. The van der Waals surface area contributed by atoms with Crippen LogP contribution < -0.4 is 0 Å². The third-order valence-corrected chi connectivity index (χ3v) is 5.04. The van der Waals surface area contributed by atoms with Gasteiger partial charge >= 0.3 is 47.9 Å². The van der Waals surface area contributed by atoms with Crippen molar-refractivity contribution in [3.05, 3.63) is 0 Å². The third kappa shape index (κ3) is 6.85. The Bertz CT molecular complexity index is 692. The van der Waals surface area contributed by atoms with Crippen LogP contribution in [0.25, 0.3) is 0 Å². The number of carbonyl (C=O) groups excluding carboxylic acids is 1. The number of alkyl halides is 14. The second kappa shape index (κ2) is 12.3. The van der Waals surface area contributed by atoms with Gasteiger partial charge in [-0.15, -0.1) is 0 Å². The molecule has 0 aliphatic rings. The van der Waals surface area contributed by atoms with Gasteiger partial charge in [0, 0.05) is 6.54 Å². The average molecular weight is 565 g/mol. The third-order valence-electron chi connectivity index (χ3n) is 5.04. The van der Waals surface area contributed by atoms with Gasteiger partial charge in [0.1, 0.15) is 0 Å². The van der Waals surface area contributed by atoms with E-state index >= 15 is 0 Å². The molecule has 0 amide bonds. The van der Waals surface area contributed by atoms with Gasteiger partial charge in [-0.3, -0.25) is 4.79 Å². The second-order valence-corrected chi connectivity index (χ2v) is 7.89. The first-order valence-electron chi connectivity index (χ1n) is 10.5. The van der Waals surface area contributed by atoms with Gasteiger partial charge in [0.05, 0.1) is 6.42 Å². The fourth-order valence-corrected chi connectivity index (χ4v) is 2.65. The molecule has 0 aliphatic carbocycles. The number of esters is 1. The quantitative estimate of drug-likeness (QED) is 0.142. The van der Waals surface area contributed by atoms with Crippen LogP contribution in [-0.2, 0) is 9.53 Å². The highest BCUT2D eigenvalue weighted by molar-refractivity contribution is 5.69. The van der Waals surface area contributed by atoms with Crippen LogP contribution in [0.4, 0.5) is 61.5 Å². The normalized spacial score (nSPS) is 14.6. The lowest BCUT2D eigenvalue weighted by Gasteiger charge is -2.40. The number of ether oxygens (including phenoxy) is 1. The zero-order valence-electron chi connectivity index (χ0n) is 19.0. The van der Waals surface area contributed by atoms with E-state index in [0.717, 1.165) is 12.8 Å². The highest BCUT2D eigenvalue weighted by Crippen LogP contribution is 2.60. The first kappa shape index (κ1) is 34.4. The molecular formula is C19H25F14NO2. The Kier molecular flexibility index (Phi) is 11.8. The van der Waals surface area contributed by atoms with E-state index in [1.165, 1.54) is 0 Å². The SMILES string of the molecule is CCCCN(CCCC)CCC(=O)OCC(F)(F)C(F)(F)C(F)(F)C(F)(F)C(F)(F)C(F)(F)C(F)F. The minimum atomic E-state index is -8.10. The molecule has 0 aliphatic heterocycles. The van der Waals surface area contributed by atoms with Gasteiger partial charge in [-0.05, 0) is 25.9 Å². The predicted molar refractivity (Wildman–Crippen MR) is 97.5 cm³/mol. The molecule has 0 heterocycles. The van der Waals surface area contributed by atoms with Crippen molar-refractivity contribution in [2.24, 2.45) is 0 Å².